The Balaban J connectivity index is 2.92. The normalized spacial score (nSPS) is 10.2. The number of urea groups is 1. The van der Waals surface area contributed by atoms with Crippen LogP contribution in [0.2, 0.25) is 0 Å². The fourth-order valence-corrected chi connectivity index (χ4v) is 1.98. The highest BCUT2D eigenvalue weighted by Crippen LogP contribution is 2.21. The highest BCUT2D eigenvalue weighted by atomic mass is 16.4. The number of carboxylic acids is 1. The van der Waals surface area contributed by atoms with Crippen LogP contribution in [0.5, 0.6) is 0 Å². The van der Waals surface area contributed by atoms with Crippen LogP contribution in [-0.4, -0.2) is 46.8 Å². The lowest BCUT2D eigenvalue weighted by Gasteiger charge is -2.23. The highest BCUT2D eigenvalue weighted by molar-refractivity contribution is 6.01. The van der Waals surface area contributed by atoms with Crippen LogP contribution >= 0.6 is 0 Å². The van der Waals surface area contributed by atoms with Gasteiger partial charge in [-0.3, -0.25) is 0 Å². The molecule has 0 aliphatic heterocycles. The van der Waals surface area contributed by atoms with Crippen molar-refractivity contribution in [3.63, 3.8) is 0 Å². The Morgan fingerprint density at radius 1 is 1.29 bits per heavy atom. The van der Waals surface area contributed by atoms with Gasteiger partial charge in [-0.05, 0) is 25.0 Å². The number of benzene rings is 1. The molecule has 0 aliphatic rings. The Morgan fingerprint density at radius 3 is 2.57 bits per heavy atom. The molecule has 0 radical (unpaired) electrons. The van der Waals surface area contributed by atoms with Crippen molar-refractivity contribution in [3.05, 3.63) is 29.3 Å². The summed E-state index contributed by atoms with van der Waals surface area (Å²) in [4.78, 5) is 25.0. The predicted molar refractivity (Wildman–Crippen MR) is 80.7 cm³/mol. The molecule has 0 unspecified atom stereocenters. The van der Waals surface area contributed by atoms with Crippen molar-refractivity contribution in [1.82, 2.24) is 4.90 Å². The summed E-state index contributed by atoms with van der Waals surface area (Å²) in [6, 6.07) is 4.43. The van der Waals surface area contributed by atoms with Crippen molar-refractivity contribution in [2.75, 3.05) is 25.0 Å². The number of para-hydroxylation sites is 1. The number of carbonyl (C=O) groups excluding carboxylic acids is 1. The number of carbonyl (C=O) groups is 2. The summed E-state index contributed by atoms with van der Waals surface area (Å²) in [7, 11) is 0. The molecule has 3 N–H and O–H groups in total. The van der Waals surface area contributed by atoms with Crippen LogP contribution in [0, 0.1) is 6.92 Å². The maximum absolute atomic E-state index is 12.2. The van der Waals surface area contributed by atoms with E-state index in [2.05, 4.69) is 5.32 Å². The number of hydrogen-bond acceptors (Lipinski definition) is 3. The second kappa shape index (κ2) is 8.26. The molecule has 0 atom stereocenters. The lowest BCUT2D eigenvalue weighted by molar-refractivity contribution is 0.0698. The maximum atomic E-state index is 12.2. The average molecular weight is 294 g/mol. The maximum Gasteiger partial charge on any atom is 0.337 e. The number of anilines is 1. The third-order valence-electron chi connectivity index (χ3n) is 3.17. The Bertz CT molecular complexity index is 502. The van der Waals surface area contributed by atoms with Crippen LogP contribution in [0.25, 0.3) is 0 Å². The van der Waals surface area contributed by atoms with Crippen LogP contribution in [0.4, 0.5) is 10.5 Å². The van der Waals surface area contributed by atoms with E-state index >= 15 is 0 Å². The SMILES string of the molecule is CCCCN(CCO)C(=O)Nc1c(C)cccc1C(=O)O. The number of nitrogens with zero attached hydrogens (tertiary/aromatic N) is 1. The first kappa shape index (κ1) is 17.0. The summed E-state index contributed by atoms with van der Waals surface area (Å²) >= 11 is 0. The molecule has 1 rings (SSSR count). The zero-order valence-corrected chi connectivity index (χ0v) is 12.4. The van der Waals surface area contributed by atoms with Crippen molar-refractivity contribution in [2.45, 2.75) is 26.7 Å². The van der Waals surface area contributed by atoms with E-state index in [1.54, 1.807) is 19.1 Å². The standard InChI is InChI=1S/C15H22N2O4/c1-3-4-8-17(9-10-18)15(21)16-13-11(2)6-5-7-12(13)14(19)20/h5-7,18H,3-4,8-10H2,1-2H3,(H,16,21)(H,19,20). The van der Waals surface area contributed by atoms with E-state index in [1.165, 1.54) is 11.0 Å². The molecule has 1 aromatic rings. The smallest absolute Gasteiger partial charge is 0.337 e. The van der Waals surface area contributed by atoms with Crippen molar-refractivity contribution in [2.24, 2.45) is 0 Å². The number of amides is 2. The highest BCUT2D eigenvalue weighted by Gasteiger charge is 2.18. The molecule has 0 bridgehead atoms. The van der Waals surface area contributed by atoms with Gasteiger partial charge in [0.15, 0.2) is 0 Å². The third-order valence-corrected chi connectivity index (χ3v) is 3.17. The number of aliphatic hydroxyl groups excluding tert-OH is 1. The minimum atomic E-state index is -1.09. The molecule has 0 fully saturated rings. The van der Waals surface area contributed by atoms with Crippen molar-refractivity contribution in [3.8, 4) is 0 Å². The van der Waals surface area contributed by atoms with Gasteiger partial charge in [0.05, 0.1) is 17.9 Å². The fraction of sp³-hybridized carbons (Fsp3) is 0.467. The van der Waals surface area contributed by atoms with Crippen molar-refractivity contribution in [1.29, 1.82) is 0 Å². The Morgan fingerprint density at radius 2 is 2.00 bits per heavy atom. The molecule has 6 heteroatoms. The van der Waals surface area contributed by atoms with Gasteiger partial charge in [-0.2, -0.15) is 0 Å². The first-order chi connectivity index (χ1) is 10.0. The van der Waals surface area contributed by atoms with Crippen molar-refractivity contribution >= 4 is 17.7 Å². The number of carboxylic acid groups (broad SMARTS) is 1. The molecule has 2 amide bonds. The van der Waals surface area contributed by atoms with Crippen molar-refractivity contribution < 1.29 is 19.8 Å². The zero-order chi connectivity index (χ0) is 15.8. The largest absolute Gasteiger partial charge is 0.478 e. The summed E-state index contributed by atoms with van der Waals surface area (Å²) < 4.78 is 0. The first-order valence-electron chi connectivity index (χ1n) is 7.01. The quantitative estimate of drug-likeness (QED) is 0.720. The molecule has 0 aliphatic carbocycles. The van der Waals surface area contributed by atoms with Crippen LogP contribution in [0.15, 0.2) is 18.2 Å². The molecule has 0 saturated heterocycles. The molecular weight excluding hydrogens is 272 g/mol. The van der Waals surface area contributed by atoms with Gasteiger partial charge in [0.25, 0.3) is 0 Å². The lowest BCUT2D eigenvalue weighted by Crippen LogP contribution is -2.38. The second-order valence-corrected chi connectivity index (χ2v) is 4.80. The molecule has 116 valence electrons. The van der Waals surface area contributed by atoms with Crippen LogP contribution in [-0.2, 0) is 0 Å². The molecule has 6 nitrogen and oxygen atoms in total. The van der Waals surface area contributed by atoms with Gasteiger partial charge in [0.1, 0.15) is 0 Å². The van der Waals surface area contributed by atoms with Crippen LogP contribution in [0.3, 0.4) is 0 Å². The van der Waals surface area contributed by atoms with Gasteiger partial charge < -0.3 is 20.4 Å². The Hall–Kier alpha value is -2.08. The summed E-state index contributed by atoms with van der Waals surface area (Å²) in [5.41, 5.74) is 1.04. The van der Waals surface area contributed by atoms with E-state index < -0.39 is 12.0 Å². The van der Waals surface area contributed by atoms with E-state index in [0.717, 1.165) is 12.8 Å². The molecule has 0 saturated carbocycles. The van der Waals surface area contributed by atoms with Crippen LogP contribution < -0.4 is 5.32 Å². The summed E-state index contributed by atoms with van der Waals surface area (Å²) in [6.45, 7) is 4.37. The van der Waals surface area contributed by atoms with Gasteiger partial charge in [-0.1, -0.05) is 25.5 Å². The van der Waals surface area contributed by atoms with E-state index in [9.17, 15) is 14.7 Å². The van der Waals surface area contributed by atoms with Crippen LogP contribution in [0.1, 0.15) is 35.7 Å². The Kier molecular flexibility index (Phi) is 6.68. The predicted octanol–water partition coefficient (Wildman–Crippen LogP) is 2.32. The first-order valence-corrected chi connectivity index (χ1v) is 7.01. The number of nitrogens with one attached hydrogen (secondary N) is 1. The molecule has 0 heterocycles. The molecule has 1 aromatic carbocycles. The van der Waals surface area contributed by atoms with Gasteiger partial charge in [-0.25, -0.2) is 9.59 Å². The van der Waals surface area contributed by atoms with Gasteiger partial charge in [-0.15, -0.1) is 0 Å². The molecule has 0 spiro atoms. The fourth-order valence-electron chi connectivity index (χ4n) is 1.98. The topological polar surface area (TPSA) is 89.9 Å². The van der Waals surface area contributed by atoms with E-state index in [1.807, 2.05) is 6.92 Å². The number of aromatic carboxylic acids is 1. The third kappa shape index (κ3) is 4.75. The zero-order valence-electron chi connectivity index (χ0n) is 12.4. The summed E-state index contributed by atoms with van der Waals surface area (Å²) in [5.74, 6) is -1.09. The van der Waals surface area contributed by atoms with E-state index in [4.69, 9.17) is 5.11 Å². The monoisotopic (exact) mass is 294 g/mol. The van der Waals surface area contributed by atoms with Gasteiger partial charge in [0, 0.05) is 13.1 Å². The van der Waals surface area contributed by atoms with Gasteiger partial charge in [0.2, 0.25) is 0 Å². The molecule has 0 aromatic heterocycles. The number of aryl methyl sites for hydroxylation is 1. The summed E-state index contributed by atoms with van der Waals surface area (Å²) in [6.07, 6.45) is 1.76. The Labute approximate surface area is 124 Å². The number of rotatable bonds is 7. The molecule has 21 heavy (non-hydrogen) atoms. The van der Waals surface area contributed by atoms with Gasteiger partial charge >= 0.3 is 12.0 Å². The minimum Gasteiger partial charge on any atom is -0.478 e. The summed E-state index contributed by atoms with van der Waals surface area (Å²) in [5, 5.41) is 20.9. The minimum absolute atomic E-state index is 0.0581. The lowest BCUT2D eigenvalue weighted by atomic mass is 10.1. The average Bonchev–Trinajstić information content (AvgIpc) is 2.45. The number of unbranched alkanes of at least 4 members (excludes halogenated alkanes) is 1. The number of aliphatic hydroxyl groups is 1. The number of hydrogen-bond donors (Lipinski definition) is 3. The van der Waals surface area contributed by atoms with E-state index in [0.29, 0.717) is 17.8 Å². The van der Waals surface area contributed by atoms with E-state index in [-0.39, 0.29) is 18.7 Å². The molecular formula is C15H22N2O4. The second-order valence-electron chi connectivity index (χ2n) is 4.80.